The summed E-state index contributed by atoms with van der Waals surface area (Å²) in [5.74, 6) is 0. The maximum atomic E-state index is 3.32. The van der Waals surface area contributed by atoms with Crippen LogP contribution in [0.3, 0.4) is 0 Å². The van der Waals surface area contributed by atoms with Crippen molar-refractivity contribution in [2.75, 3.05) is 19.8 Å². The summed E-state index contributed by atoms with van der Waals surface area (Å²) >= 11 is 0. The third-order valence-corrected chi connectivity index (χ3v) is 9.84. The van der Waals surface area contributed by atoms with Gasteiger partial charge in [0.25, 0.3) is 0 Å². The van der Waals surface area contributed by atoms with E-state index in [2.05, 4.69) is 96.3 Å². The summed E-state index contributed by atoms with van der Waals surface area (Å²) < 4.78 is 0. The molecule has 3 aromatic rings. The van der Waals surface area contributed by atoms with Crippen molar-refractivity contribution in [3.05, 3.63) is 91.0 Å². The second kappa shape index (κ2) is 8.24. The van der Waals surface area contributed by atoms with Crippen molar-refractivity contribution < 1.29 is 0 Å². The molecule has 24 heavy (non-hydrogen) atoms. The zero-order valence-electron chi connectivity index (χ0n) is 14.3. The molecule has 0 fully saturated rings. The molecule has 124 valence electrons. The van der Waals surface area contributed by atoms with Crippen LogP contribution in [0, 0.1) is 0 Å². The SMILES string of the molecule is CNCCC[PH](c1ccccc1)(c1ccccc1)c1ccccc1. The average Bonchev–Trinajstić information content (AvgIpc) is 2.68. The summed E-state index contributed by atoms with van der Waals surface area (Å²) in [6.45, 7) is 1.06. The number of benzene rings is 3. The molecule has 0 spiro atoms. The number of nitrogens with one attached hydrogen (secondary N) is 1. The maximum absolute atomic E-state index is 3.32. The van der Waals surface area contributed by atoms with Crippen molar-refractivity contribution in [3.8, 4) is 0 Å². The molecule has 0 aliphatic carbocycles. The van der Waals surface area contributed by atoms with Gasteiger partial charge in [-0.2, -0.15) is 0 Å². The first kappa shape index (κ1) is 16.9. The van der Waals surface area contributed by atoms with E-state index < -0.39 is 7.26 Å². The van der Waals surface area contributed by atoms with Gasteiger partial charge in [0.2, 0.25) is 0 Å². The molecule has 0 amide bonds. The first-order valence-electron chi connectivity index (χ1n) is 8.69. The predicted molar refractivity (Wildman–Crippen MR) is 110 cm³/mol. The zero-order chi connectivity index (χ0) is 16.7. The van der Waals surface area contributed by atoms with Crippen molar-refractivity contribution >= 4 is 23.2 Å². The van der Waals surface area contributed by atoms with Gasteiger partial charge in [0.05, 0.1) is 0 Å². The van der Waals surface area contributed by atoms with Gasteiger partial charge < -0.3 is 0 Å². The Bertz CT molecular complexity index is 629. The first-order valence-corrected chi connectivity index (χ1v) is 10.9. The summed E-state index contributed by atoms with van der Waals surface area (Å²) in [7, 11) is 0.0374. The topological polar surface area (TPSA) is 12.0 Å². The van der Waals surface area contributed by atoms with Crippen LogP contribution in [0.15, 0.2) is 91.0 Å². The van der Waals surface area contributed by atoms with E-state index in [4.69, 9.17) is 0 Å². The first-order chi connectivity index (χ1) is 11.9. The molecule has 3 rings (SSSR count). The fraction of sp³-hybridized carbons (Fsp3) is 0.182. The van der Waals surface area contributed by atoms with Crippen LogP contribution < -0.4 is 21.2 Å². The molecule has 0 atom stereocenters. The van der Waals surface area contributed by atoms with E-state index in [1.54, 1.807) is 0 Å². The molecule has 0 saturated carbocycles. The third kappa shape index (κ3) is 3.43. The van der Waals surface area contributed by atoms with Crippen LogP contribution in [0.2, 0.25) is 0 Å². The normalized spacial score (nSPS) is 12.0. The second-order valence-corrected chi connectivity index (χ2v) is 10.3. The van der Waals surface area contributed by atoms with Gasteiger partial charge in [-0.05, 0) is 0 Å². The van der Waals surface area contributed by atoms with Gasteiger partial charge >= 0.3 is 146 Å². The van der Waals surface area contributed by atoms with Crippen LogP contribution in [0.4, 0.5) is 0 Å². The van der Waals surface area contributed by atoms with Crippen molar-refractivity contribution in [2.45, 2.75) is 6.42 Å². The second-order valence-electron chi connectivity index (χ2n) is 6.21. The van der Waals surface area contributed by atoms with Crippen molar-refractivity contribution in [1.82, 2.24) is 5.32 Å². The van der Waals surface area contributed by atoms with Gasteiger partial charge in [0.15, 0.2) is 0 Å². The van der Waals surface area contributed by atoms with Gasteiger partial charge in [-0.25, -0.2) is 0 Å². The molecule has 2 heteroatoms. The summed E-state index contributed by atoms with van der Waals surface area (Å²) in [6.07, 6.45) is 2.40. The zero-order valence-corrected chi connectivity index (χ0v) is 15.3. The van der Waals surface area contributed by atoms with Gasteiger partial charge in [-0.1, -0.05) is 0 Å². The molecule has 0 bridgehead atoms. The fourth-order valence-corrected chi connectivity index (χ4v) is 8.49. The molecule has 0 saturated heterocycles. The van der Waals surface area contributed by atoms with E-state index in [-0.39, 0.29) is 0 Å². The van der Waals surface area contributed by atoms with Crippen molar-refractivity contribution in [1.29, 1.82) is 0 Å². The minimum atomic E-state index is -2.00. The third-order valence-electron chi connectivity index (χ3n) is 4.78. The molecular formula is C22H26NP. The van der Waals surface area contributed by atoms with Gasteiger partial charge in [-0.15, -0.1) is 0 Å². The van der Waals surface area contributed by atoms with Gasteiger partial charge in [-0.3, -0.25) is 0 Å². The summed E-state index contributed by atoms with van der Waals surface area (Å²) in [5, 5.41) is 7.81. The van der Waals surface area contributed by atoms with E-state index in [1.165, 1.54) is 28.5 Å². The molecule has 1 nitrogen and oxygen atoms in total. The molecule has 3 aromatic carbocycles. The van der Waals surface area contributed by atoms with Crippen LogP contribution in [0.25, 0.3) is 0 Å². The number of hydrogen-bond acceptors (Lipinski definition) is 1. The Kier molecular flexibility index (Phi) is 5.80. The molecule has 0 aromatic heterocycles. The quantitative estimate of drug-likeness (QED) is 0.516. The molecule has 0 heterocycles. The van der Waals surface area contributed by atoms with E-state index >= 15 is 0 Å². The Balaban J connectivity index is 2.20. The van der Waals surface area contributed by atoms with Crippen LogP contribution in [0.1, 0.15) is 6.42 Å². The van der Waals surface area contributed by atoms with Crippen molar-refractivity contribution in [3.63, 3.8) is 0 Å². The number of hydrogen-bond donors (Lipinski definition) is 1. The van der Waals surface area contributed by atoms with E-state index in [9.17, 15) is 0 Å². The fourth-order valence-electron chi connectivity index (χ4n) is 3.63. The van der Waals surface area contributed by atoms with E-state index in [1.807, 2.05) is 7.05 Å². The standard InChI is InChI=1S/C22H26NP/c1-23-18-11-19-24(20-12-5-2-6-13-20,21-14-7-3-8-15-21)22-16-9-4-10-17-22/h2-10,12-17,23-24H,11,18-19H2,1H3. The van der Waals surface area contributed by atoms with Crippen LogP contribution >= 0.6 is 7.26 Å². The molecule has 0 radical (unpaired) electrons. The summed E-state index contributed by atoms with van der Waals surface area (Å²) in [6, 6.07) is 33.4. The predicted octanol–water partition coefficient (Wildman–Crippen LogP) is 3.32. The van der Waals surface area contributed by atoms with Crippen LogP contribution in [0.5, 0.6) is 0 Å². The van der Waals surface area contributed by atoms with E-state index in [0.29, 0.717) is 0 Å². The molecular weight excluding hydrogens is 309 g/mol. The van der Waals surface area contributed by atoms with Crippen LogP contribution in [-0.2, 0) is 0 Å². The Labute approximate surface area is 146 Å². The molecule has 0 aliphatic heterocycles. The Morgan fingerprint density at radius 3 is 1.33 bits per heavy atom. The molecule has 0 aliphatic rings. The van der Waals surface area contributed by atoms with Crippen molar-refractivity contribution in [2.24, 2.45) is 0 Å². The molecule has 0 unspecified atom stereocenters. The molecule has 1 N–H and O–H groups in total. The monoisotopic (exact) mass is 335 g/mol. The summed E-state index contributed by atoms with van der Waals surface area (Å²) in [5.41, 5.74) is 0. The van der Waals surface area contributed by atoms with Gasteiger partial charge in [0, 0.05) is 0 Å². The summed E-state index contributed by atoms with van der Waals surface area (Å²) in [4.78, 5) is 0. The Morgan fingerprint density at radius 2 is 1.00 bits per heavy atom. The average molecular weight is 335 g/mol. The van der Waals surface area contributed by atoms with E-state index in [0.717, 1.165) is 6.54 Å². The minimum absolute atomic E-state index is 1.06. The number of rotatable bonds is 7. The Morgan fingerprint density at radius 1 is 0.625 bits per heavy atom. The Hall–Kier alpha value is -1.95. The van der Waals surface area contributed by atoms with Crippen LogP contribution in [-0.4, -0.2) is 19.8 Å². The van der Waals surface area contributed by atoms with Gasteiger partial charge in [0.1, 0.15) is 0 Å².